The zero-order valence-corrected chi connectivity index (χ0v) is 17.5. The van der Waals surface area contributed by atoms with Crippen molar-refractivity contribution in [1.29, 1.82) is 0 Å². The van der Waals surface area contributed by atoms with Crippen LogP contribution in [-0.2, 0) is 0 Å². The highest BCUT2D eigenvalue weighted by atomic mass is 35.5. The highest BCUT2D eigenvalue weighted by Crippen LogP contribution is 2.37. The number of alkyl halides is 2. The van der Waals surface area contributed by atoms with Crippen molar-refractivity contribution in [2.75, 3.05) is 13.1 Å². The van der Waals surface area contributed by atoms with Crippen molar-refractivity contribution >= 4 is 34.8 Å². The van der Waals surface area contributed by atoms with Crippen LogP contribution in [-0.4, -0.2) is 44.6 Å². The number of nitrogens with zero attached hydrogens (tertiary/aromatic N) is 4. The van der Waals surface area contributed by atoms with Gasteiger partial charge in [0.15, 0.2) is 0 Å². The third-order valence-corrected chi connectivity index (χ3v) is 5.02. The monoisotopic (exact) mass is 440 g/mol. The van der Waals surface area contributed by atoms with Gasteiger partial charge in [-0.2, -0.15) is 5.10 Å². The minimum absolute atomic E-state index is 0.0942. The molecule has 9 heteroatoms. The lowest BCUT2D eigenvalue weighted by Gasteiger charge is -2.38. The topological polar surface area (TPSA) is 51.0 Å². The van der Waals surface area contributed by atoms with Gasteiger partial charge in [-0.1, -0.05) is 35.4 Å². The first-order chi connectivity index (χ1) is 13.6. The molecule has 1 aromatic heterocycles. The molecule has 1 atom stereocenters. The summed E-state index contributed by atoms with van der Waals surface area (Å²) in [6, 6.07) is 4.32. The fourth-order valence-electron chi connectivity index (χ4n) is 3.47. The molecule has 1 saturated heterocycles. The average molecular weight is 441 g/mol. The summed E-state index contributed by atoms with van der Waals surface area (Å²) in [4.78, 5) is 18.2. The molecule has 1 aliphatic heterocycles. The highest BCUT2D eigenvalue weighted by Gasteiger charge is 2.44. The van der Waals surface area contributed by atoms with Crippen LogP contribution in [0.5, 0.6) is 0 Å². The molecule has 2 heterocycles. The number of likely N-dealkylation sites (tertiary alicyclic amines) is 1. The summed E-state index contributed by atoms with van der Waals surface area (Å²) in [5.74, 6) is -3.71. The highest BCUT2D eigenvalue weighted by molar-refractivity contribution is 6.35. The first-order valence-corrected chi connectivity index (χ1v) is 9.68. The average Bonchev–Trinajstić information content (AvgIpc) is 3.02. The molecule has 2 aromatic rings. The van der Waals surface area contributed by atoms with Crippen LogP contribution < -0.4 is 0 Å². The van der Waals surface area contributed by atoms with Crippen LogP contribution >= 0.6 is 23.2 Å². The van der Waals surface area contributed by atoms with Crippen molar-refractivity contribution < 1.29 is 13.6 Å². The Morgan fingerprint density at radius 3 is 2.52 bits per heavy atom. The fourth-order valence-corrected chi connectivity index (χ4v) is 4.00. The molecule has 0 saturated carbocycles. The molecule has 1 aliphatic rings. The molecule has 1 aromatic carbocycles. The van der Waals surface area contributed by atoms with Crippen LogP contribution in [0.1, 0.15) is 29.5 Å². The van der Waals surface area contributed by atoms with E-state index in [2.05, 4.69) is 16.7 Å². The quantitative estimate of drug-likeness (QED) is 0.620. The Morgan fingerprint density at radius 1 is 1.31 bits per heavy atom. The van der Waals surface area contributed by atoms with E-state index < -0.39 is 30.7 Å². The zero-order chi connectivity index (χ0) is 21.3. The second-order valence-electron chi connectivity index (χ2n) is 7.24. The number of hydrogen-bond donors (Lipinski definition) is 0. The van der Waals surface area contributed by atoms with Gasteiger partial charge < -0.3 is 4.90 Å². The van der Waals surface area contributed by atoms with E-state index in [-0.39, 0.29) is 22.2 Å². The number of benzene rings is 1. The predicted octanol–water partition coefficient (Wildman–Crippen LogP) is 5.11. The van der Waals surface area contributed by atoms with Crippen molar-refractivity contribution in [3.63, 3.8) is 0 Å². The molecule has 1 amide bonds. The molecule has 0 aliphatic carbocycles. The maximum absolute atomic E-state index is 14.6. The van der Waals surface area contributed by atoms with Gasteiger partial charge in [-0.15, -0.1) is 0 Å². The van der Waals surface area contributed by atoms with Gasteiger partial charge in [0.2, 0.25) is 0 Å². The summed E-state index contributed by atoms with van der Waals surface area (Å²) in [5, 5.41) is 4.69. The van der Waals surface area contributed by atoms with Crippen LogP contribution in [0.25, 0.3) is 5.70 Å². The van der Waals surface area contributed by atoms with Crippen LogP contribution in [0.15, 0.2) is 42.8 Å². The number of carbonyl (C=O) groups excluding carboxylic acids is 1. The zero-order valence-electron chi connectivity index (χ0n) is 16.0. The number of rotatable bonds is 4. The second kappa shape index (κ2) is 8.24. The lowest BCUT2D eigenvalue weighted by atomic mass is 9.90. The molecular weight excluding hydrogens is 421 g/mol. The maximum atomic E-state index is 14.6. The number of piperidine rings is 1. The second-order valence-corrected chi connectivity index (χ2v) is 8.11. The minimum Gasteiger partial charge on any atom is -0.332 e. The summed E-state index contributed by atoms with van der Waals surface area (Å²) >= 11 is 11.9. The van der Waals surface area contributed by atoms with Gasteiger partial charge in [0.1, 0.15) is 12.2 Å². The molecule has 1 unspecified atom stereocenters. The van der Waals surface area contributed by atoms with Gasteiger partial charge in [0, 0.05) is 40.2 Å². The van der Waals surface area contributed by atoms with Crippen molar-refractivity contribution in [3.05, 3.63) is 64.2 Å². The normalized spacial score (nSPS) is 19.3. The Hall–Kier alpha value is -2.25. The molecule has 5 nitrogen and oxygen atoms in total. The number of halogens is 4. The Labute approximate surface area is 177 Å². The summed E-state index contributed by atoms with van der Waals surface area (Å²) in [5.41, 5.74) is 1.37. The number of aryl methyl sites for hydroxylation is 1. The van der Waals surface area contributed by atoms with E-state index >= 15 is 0 Å². The summed E-state index contributed by atoms with van der Waals surface area (Å²) in [6.45, 7) is 6.77. The Kier molecular flexibility index (Phi) is 6.10. The molecule has 154 valence electrons. The van der Waals surface area contributed by atoms with Crippen molar-refractivity contribution in [2.24, 2.45) is 5.92 Å². The van der Waals surface area contributed by atoms with Crippen LogP contribution in [0, 0.1) is 12.8 Å². The summed E-state index contributed by atoms with van der Waals surface area (Å²) in [6.07, 6.45) is 2.65. The van der Waals surface area contributed by atoms with Gasteiger partial charge in [-0.05, 0) is 38.1 Å². The summed E-state index contributed by atoms with van der Waals surface area (Å²) < 4.78 is 30.8. The number of allylic oxidation sites excluding steroid dienone is 2. The molecule has 29 heavy (non-hydrogen) atoms. The van der Waals surface area contributed by atoms with E-state index in [1.807, 2.05) is 0 Å². The Morgan fingerprint density at radius 2 is 1.97 bits per heavy atom. The van der Waals surface area contributed by atoms with E-state index in [4.69, 9.17) is 23.2 Å². The largest absolute Gasteiger partial charge is 0.332 e. The van der Waals surface area contributed by atoms with Gasteiger partial charge in [0.25, 0.3) is 11.8 Å². The first-order valence-electron chi connectivity index (χ1n) is 8.93. The molecule has 3 rings (SSSR count). The number of amides is 1. The maximum Gasteiger partial charge on any atom is 0.266 e. The molecular formula is C20H20Cl2F2N4O. The number of aromatic nitrogens is 3. The van der Waals surface area contributed by atoms with Crippen molar-refractivity contribution in [3.8, 4) is 0 Å². The third kappa shape index (κ3) is 5.03. The van der Waals surface area contributed by atoms with Gasteiger partial charge in [0.05, 0.1) is 6.54 Å². The van der Waals surface area contributed by atoms with Crippen LogP contribution in [0.4, 0.5) is 8.78 Å². The van der Waals surface area contributed by atoms with Gasteiger partial charge in [-0.3, -0.25) is 4.79 Å². The Balaban J connectivity index is 1.97. The molecule has 0 spiro atoms. The predicted molar refractivity (Wildman–Crippen MR) is 109 cm³/mol. The van der Waals surface area contributed by atoms with E-state index in [1.54, 1.807) is 19.9 Å². The smallest absolute Gasteiger partial charge is 0.266 e. The number of hydrogen-bond acceptors (Lipinski definition) is 3. The van der Waals surface area contributed by atoms with E-state index in [1.165, 1.54) is 29.2 Å². The van der Waals surface area contributed by atoms with E-state index in [0.717, 1.165) is 4.90 Å². The third-order valence-electron chi connectivity index (χ3n) is 4.58. The number of carbonyl (C=O) groups is 1. The lowest BCUT2D eigenvalue weighted by Crippen LogP contribution is -2.50. The Bertz CT molecular complexity index is 966. The van der Waals surface area contributed by atoms with Crippen LogP contribution in [0.3, 0.4) is 0 Å². The standard InChI is InChI=1S/C20H20Cl2F2N4O/c1-12(2)4-18(28-13(3)25-11-26-28)15-8-20(23,24)10-27(9-15)19(29)14-5-16(21)7-17(22)6-14/h4-7,11,15H,1,8-10H2,2-3H3/b18-4-. The fraction of sp³-hybridized carbons (Fsp3) is 0.350. The first kappa shape index (κ1) is 21.5. The minimum atomic E-state index is -3.07. The molecule has 0 N–H and O–H groups in total. The summed E-state index contributed by atoms with van der Waals surface area (Å²) in [7, 11) is 0. The van der Waals surface area contributed by atoms with E-state index in [0.29, 0.717) is 17.1 Å². The SMILES string of the molecule is C=C(C)/C=C(/C1CN(C(=O)c2cc(Cl)cc(Cl)c2)CC(F)(F)C1)n1ncnc1C. The van der Waals surface area contributed by atoms with Crippen molar-refractivity contribution in [2.45, 2.75) is 26.2 Å². The van der Waals surface area contributed by atoms with Crippen LogP contribution in [0.2, 0.25) is 10.0 Å². The molecule has 0 radical (unpaired) electrons. The van der Waals surface area contributed by atoms with Gasteiger partial charge in [-0.25, -0.2) is 18.4 Å². The molecule has 0 bridgehead atoms. The van der Waals surface area contributed by atoms with Gasteiger partial charge >= 0.3 is 0 Å². The molecule has 1 fully saturated rings. The lowest BCUT2D eigenvalue weighted by molar-refractivity contribution is -0.0675. The van der Waals surface area contributed by atoms with Crippen molar-refractivity contribution in [1.82, 2.24) is 19.7 Å². The van der Waals surface area contributed by atoms with E-state index in [9.17, 15) is 13.6 Å².